The van der Waals surface area contributed by atoms with E-state index in [2.05, 4.69) is 50.7 Å². The Morgan fingerprint density at radius 2 is 2.17 bits per heavy atom. The molecule has 2 amide bonds. The number of aromatic nitrogens is 2. The molecule has 126 valence electrons. The number of urea groups is 1. The summed E-state index contributed by atoms with van der Waals surface area (Å²) < 4.78 is 0. The third-order valence-corrected chi connectivity index (χ3v) is 5.58. The second-order valence-electron chi connectivity index (χ2n) is 6.92. The monoisotopic (exact) mass is 324 g/mol. The topological polar surface area (TPSA) is 61.0 Å². The van der Waals surface area contributed by atoms with Crippen molar-refractivity contribution in [3.63, 3.8) is 0 Å². The predicted molar refractivity (Wildman–Crippen MR) is 92.7 cm³/mol. The van der Waals surface area contributed by atoms with E-state index in [0.717, 1.165) is 24.9 Å². The maximum Gasteiger partial charge on any atom is 0.317 e. The van der Waals surface area contributed by atoms with Gasteiger partial charge >= 0.3 is 6.03 Å². The largest absolute Gasteiger partial charge is 0.338 e. The summed E-state index contributed by atoms with van der Waals surface area (Å²) in [6.07, 6.45) is 8.11. The number of H-pyrrole nitrogens is 1. The van der Waals surface area contributed by atoms with Crippen LogP contribution in [0.15, 0.2) is 42.7 Å². The van der Waals surface area contributed by atoms with E-state index in [4.69, 9.17) is 0 Å². The maximum atomic E-state index is 12.7. The van der Waals surface area contributed by atoms with Gasteiger partial charge < -0.3 is 10.2 Å². The molecule has 1 aliphatic heterocycles. The Morgan fingerprint density at radius 3 is 2.96 bits per heavy atom. The molecule has 24 heavy (non-hydrogen) atoms. The fourth-order valence-corrected chi connectivity index (χ4v) is 4.42. The Balaban J connectivity index is 1.40. The number of amides is 2. The molecule has 1 saturated carbocycles. The summed E-state index contributed by atoms with van der Waals surface area (Å²) in [6.45, 7) is 1.50. The predicted octanol–water partition coefficient (Wildman–Crippen LogP) is 2.93. The first-order valence-corrected chi connectivity index (χ1v) is 8.90. The molecular weight excluding hydrogens is 300 g/mol. The highest BCUT2D eigenvalue weighted by molar-refractivity contribution is 5.75. The molecule has 1 aromatic heterocycles. The Labute approximate surface area is 142 Å². The van der Waals surface area contributed by atoms with Gasteiger partial charge in [-0.2, -0.15) is 5.10 Å². The van der Waals surface area contributed by atoms with E-state index in [1.807, 2.05) is 6.20 Å². The molecule has 0 spiro atoms. The first-order chi connectivity index (χ1) is 11.8. The zero-order valence-electron chi connectivity index (χ0n) is 13.8. The molecule has 2 aromatic rings. The fourth-order valence-electron chi connectivity index (χ4n) is 4.42. The van der Waals surface area contributed by atoms with Crippen molar-refractivity contribution in [2.75, 3.05) is 13.1 Å². The fraction of sp³-hybridized carbons (Fsp3) is 0.474. The molecule has 4 rings (SSSR count). The van der Waals surface area contributed by atoms with Gasteiger partial charge in [0, 0.05) is 31.2 Å². The van der Waals surface area contributed by atoms with Crippen molar-refractivity contribution < 1.29 is 4.79 Å². The highest BCUT2D eigenvalue weighted by atomic mass is 16.2. The van der Waals surface area contributed by atoms with Crippen molar-refractivity contribution in [2.45, 2.75) is 37.6 Å². The van der Waals surface area contributed by atoms with E-state index < -0.39 is 0 Å². The van der Waals surface area contributed by atoms with Crippen molar-refractivity contribution in [2.24, 2.45) is 5.92 Å². The lowest BCUT2D eigenvalue weighted by Crippen LogP contribution is -2.43. The molecule has 1 aromatic carbocycles. The number of nitrogens with one attached hydrogen (secondary N) is 2. The van der Waals surface area contributed by atoms with Crippen LogP contribution in [0.5, 0.6) is 0 Å². The summed E-state index contributed by atoms with van der Waals surface area (Å²) in [5.41, 5.74) is 2.50. The molecule has 3 atom stereocenters. The number of carbonyl (C=O) groups is 1. The van der Waals surface area contributed by atoms with Crippen LogP contribution in [0.3, 0.4) is 0 Å². The van der Waals surface area contributed by atoms with Crippen LogP contribution in [0.2, 0.25) is 0 Å². The van der Waals surface area contributed by atoms with Crippen LogP contribution in [0, 0.1) is 5.92 Å². The van der Waals surface area contributed by atoms with Crippen molar-refractivity contribution >= 4 is 6.03 Å². The number of likely N-dealkylation sites (tertiary alicyclic amines) is 1. The lowest BCUT2D eigenvalue weighted by Gasteiger charge is -2.24. The van der Waals surface area contributed by atoms with E-state index in [1.165, 1.54) is 18.4 Å². The molecule has 2 aliphatic rings. The van der Waals surface area contributed by atoms with Gasteiger partial charge in [-0.1, -0.05) is 36.8 Å². The van der Waals surface area contributed by atoms with Crippen LogP contribution in [-0.2, 0) is 6.42 Å². The molecule has 1 aliphatic carbocycles. The molecule has 3 unspecified atom stereocenters. The third-order valence-electron chi connectivity index (χ3n) is 5.58. The number of rotatable bonds is 4. The number of carbonyl (C=O) groups excluding carboxylic acids is 1. The molecule has 2 N–H and O–H groups in total. The average molecular weight is 324 g/mol. The Hall–Kier alpha value is -2.30. The minimum Gasteiger partial charge on any atom is -0.338 e. The summed E-state index contributed by atoms with van der Waals surface area (Å²) in [5, 5.41) is 9.83. The molecular formula is C19H24N4O. The molecule has 0 radical (unpaired) electrons. The van der Waals surface area contributed by atoms with Gasteiger partial charge in [-0.25, -0.2) is 4.79 Å². The van der Waals surface area contributed by atoms with E-state index in [0.29, 0.717) is 24.4 Å². The highest BCUT2D eigenvalue weighted by Gasteiger charge is 2.46. The van der Waals surface area contributed by atoms with Gasteiger partial charge in [0.1, 0.15) is 0 Å². The summed E-state index contributed by atoms with van der Waals surface area (Å²) in [5.74, 6) is 1.10. The smallest absolute Gasteiger partial charge is 0.317 e. The van der Waals surface area contributed by atoms with Crippen LogP contribution in [-0.4, -0.2) is 40.3 Å². The first-order valence-electron chi connectivity index (χ1n) is 8.90. The van der Waals surface area contributed by atoms with E-state index >= 15 is 0 Å². The van der Waals surface area contributed by atoms with Crippen LogP contribution in [0.1, 0.15) is 36.3 Å². The summed E-state index contributed by atoms with van der Waals surface area (Å²) >= 11 is 0. The van der Waals surface area contributed by atoms with Crippen molar-refractivity contribution in [1.29, 1.82) is 0 Å². The summed E-state index contributed by atoms with van der Waals surface area (Å²) in [4.78, 5) is 14.8. The van der Waals surface area contributed by atoms with Crippen molar-refractivity contribution in [1.82, 2.24) is 20.4 Å². The van der Waals surface area contributed by atoms with Gasteiger partial charge in [0.2, 0.25) is 0 Å². The SMILES string of the molecule is O=C(NCCc1cn[nH]c1)N1CC(c2ccccc2)C2CCCC21. The molecule has 5 nitrogen and oxygen atoms in total. The van der Waals surface area contributed by atoms with Gasteiger partial charge in [-0.15, -0.1) is 0 Å². The number of benzene rings is 1. The molecule has 2 heterocycles. The lowest BCUT2D eigenvalue weighted by atomic mass is 9.87. The Kier molecular flexibility index (Phi) is 4.24. The number of aromatic amines is 1. The molecule has 0 bridgehead atoms. The zero-order valence-corrected chi connectivity index (χ0v) is 13.8. The van der Waals surface area contributed by atoms with Crippen LogP contribution < -0.4 is 5.32 Å². The first kappa shape index (κ1) is 15.2. The van der Waals surface area contributed by atoms with E-state index in [1.54, 1.807) is 6.20 Å². The van der Waals surface area contributed by atoms with Gasteiger partial charge in [0.15, 0.2) is 0 Å². The molecule has 2 fully saturated rings. The number of hydrogen-bond acceptors (Lipinski definition) is 2. The highest BCUT2D eigenvalue weighted by Crippen LogP contribution is 2.46. The van der Waals surface area contributed by atoms with Gasteiger partial charge in [0.25, 0.3) is 0 Å². The normalized spacial score (nSPS) is 25.7. The van der Waals surface area contributed by atoms with Crippen molar-refractivity contribution in [3.8, 4) is 0 Å². The van der Waals surface area contributed by atoms with Crippen LogP contribution >= 0.6 is 0 Å². The number of nitrogens with zero attached hydrogens (tertiary/aromatic N) is 2. The molecule has 5 heteroatoms. The van der Waals surface area contributed by atoms with Gasteiger partial charge in [0.05, 0.1) is 6.20 Å². The molecule has 1 saturated heterocycles. The number of hydrogen-bond donors (Lipinski definition) is 2. The van der Waals surface area contributed by atoms with Crippen LogP contribution in [0.25, 0.3) is 0 Å². The summed E-state index contributed by atoms with van der Waals surface area (Å²) in [7, 11) is 0. The Morgan fingerprint density at radius 1 is 1.29 bits per heavy atom. The summed E-state index contributed by atoms with van der Waals surface area (Å²) in [6, 6.07) is 11.2. The van der Waals surface area contributed by atoms with Gasteiger partial charge in [-0.3, -0.25) is 5.10 Å². The quantitative estimate of drug-likeness (QED) is 0.908. The zero-order chi connectivity index (χ0) is 16.4. The van der Waals surface area contributed by atoms with E-state index in [9.17, 15) is 4.79 Å². The minimum atomic E-state index is 0.0915. The third kappa shape index (κ3) is 2.90. The second kappa shape index (κ2) is 6.67. The van der Waals surface area contributed by atoms with E-state index in [-0.39, 0.29) is 6.03 Å². The maximum absolute atomic E-state index is 12.7. The Bertz CT molecular complexity index is 670. The van der Waals surface area contributed by atoms with Crippen LogP contribution in [0.4, 0.5) is 4.79 Å². The average Bonchev–Trinajstić information content (AvgIpc) is 3.33. The van der Waals surface area contributed by atoms with Crippen molar-refractivity contribution in [3.05, 3.63) is 53.9 Å². The standard InChI is InChI=1S/C19H24N4O/c24-19(20-10-9-14-11-21-22-12-14)23-13-17(15-5-2-1-3-6-15)16-7-4-8-18(16)23/h1-3,5-6,11-12,16-18H,4,7-10,13H2,(H,20,24)(H,21,22). The second-order valence-corrected chi connectivity index (χ2v) is 6.92. The minimum absolute atomic E-state index is 0.0915. The number of fused-ring (bicyclic) bond motifs is 1. The lowest BCUT2D eigenvalue weighted by molar-refractivity contribution is 0.189. The van der Waals surface area contributed by atoms with Gasteiger partial charge in [-0.05, 0) is 36.3 Å².